The van der Waals surface area contributed by atoms with E-state index in [0.29, 0.717) is 18.5 Å². The molecule has 0 aliphatic heterocycles. The molecule has 0 unspecified atom stereocenters. The maximum Gasteiger partial charge on any atom is 0.270 e. The van der Waals surface area contributed by atoms with Gasteiger partial charge in [0.25, 0.3) is 5.56 Å². The van der Waals surface area contributed by atoms with Crippen LogP contribution in [-0.4, -0.2) is 21.9 Å². The number of carbonyl (C=O) groups excluding carboxylic acids is 1. The van der Waals surface area contributed by atoms with Crippen LogP contribution in [0.5, 0.6) is 0 Å². The Bertz CT molecular complexity index is 408. The summed E-state index contributed by atoms with van der Waals surface area (Å²) in [6, 6.07) is 0. The largest absolute Gasteiger partial charge is 0.352 e. The van der Waals surface area contributed by atoms with E-state index in [1.54, 1.807) is 18.7 Å². The van der Waals surface area contributed by atoms with Crippen molar-refractivity contribution in [2.45, 2.75) is 24.9 Å². The van der Waals surface area contributed by atoms with Crippen LogP contribution in [0.1, 0.15) is 18.9 Å². The lowest BCUT2D eigenvalue weighted by Crippen LogP contribution is -2.24. The maximum absolute atomic E-state index is 11.5. The highest BCUT2D eigenvalue weighted by molar-refractivity contribution is 7.98. The zero-order chi connectivity index (χ0) is 11.4. The van der Waals surface area contributed by atoms with Gasteiger partial charge in [0, 0.05) is 13.5 Å². The van der Waals surface area contributed by atoms with Gasteiger partial charge in [-0.1, -0.05) is 6.92 Å². The van der Waals surface area contributed by atoms with Crippen LogP contribution < -0.4 is 10.9 Å². The van der Waals surface area contributed by atoms with Crippen molar-refractivity contribution in [2.24, 2.45) is 7.05 Å². The first-order valence-electron chi connectivity index (χ1n) is 4.68. The molecule has 0 saturated carbocycles. The number of aromatic amines is 1. The Balaban J connectivity index is 2.84. The summed E-state index contributed by atoms with van der Waals surface area (Å²) in [6.45, 7) is 2.07. The summed E-state index contributed by atoms with van der Waals surface area (Å²) in [4.78, 5) is 22.5. The van der Waals surface area contributed by atoms with E-state index in [4.69, 9.17) is 0 Å². The molecule has 5 nitrogen and oxygen atoms in total. The fourth-order valence-corrected chi connectivity index (χ4v) is 2.03. The van der Waals surface area contributed by atoms with Crippen molar-refractivity contribution >= 4 is 17.7 Å². The van der Waals surface area contributed by atoms with Gasteiger partial charge in [0.15, 0.2) is 0 Å². The van der Waals surface area contributed by atoms with Gasteiger partial charge in [0.2, 0.25) is 5.91 Å². The van der Waals surface area contributed by atoms with E-state index in [2.05, 4.69) is 10.4 Å². The number of amides is 1. The van der Waals surface area contributed by atoms with Gasteiger partial charge in [0.05, 0.1) is 12.1 Å². The zero-order valence-electron chi connectivity index (χ0n) is 9.09. The van der Waals surface area contributed by atoms with Gasteiger partial charge in [-0.15, -0.1) is 11.8 Å². The molecule has 1 aromatic heterocycles. The normalized spacial score (nSPS) is 10.3. The molecule has 1 amide bonds. The lowest BCUT2D eigenvalue weighted by Gasteiger charge is -2.03. The van der Waals surface area contributed by atoms with Crippen molar-refractivity contribution in [3.05, 3.63) is 15.9 Å². The van der Waals surface area contributed by atoms with Crippen LogP contribution >= 0.6 is 11.8 Å². The van der Waals surface area contributed by atoms with Gasteiger partial charge in [-0.2, -0.15) is 0 Å². The number of rotatable bonds is 4. The second-order valence-electron chi connectivity index (χ2n) is 3.12. The zero-order valence-corrected chi connectivity index (χ0v) is 9.90. The molecule has 0 radical (unpaired) electrons. The topological polar surface area (TPSA) is 66.9 Å². The van der Waals surface area contributed by atoms with Crippen LogP contribution in [0.2, 0.25) is 0 Å². The van der Waals surface area contributed by atoms with Crippen molar-refractivity contribution < 1.29 is 4.79 Å². The smallest absolute Gasteiger partial charge is 0.270 e. The van der Waals surface area contributed by atoms with E-state index in [1.807, 2.05) is 6.26 Å². The number of aryl methyl sites for hydroxylation is 1. The average Bonchev–Trinajstić information content (AvgIpc) is 2.49. The van der Waals surface area contributed by atoms with Gasteiger partial charge in [-0.3, -0.25) is 19.4 Å². The molecular formula is C9H15N3O2S. The Kier molecular flexibility index (Phi) is 4.02. The van der Waals surface area contributed by atoms with Gasteiger partial charge < -0.3 is 5.32 Å². The molecule has 0 spiro atoms. The first-order valence-corrected chi connectivity index (χ1v) is 5.91. The molecule has 2 N–H and O–H groups in total. The van der Waals surface area contributed by atoms with E-state index >= 15 is 0 Å². The molecule has 1 heterocycles. The Labute approximate surface area is 92.2 Å². The summed E-state index contributed by atoms with van der Waals surface area (Å²) in [7, 11) is 1.78. The lowest BCUT2D eigenvalue weighted by atomic mass is 10.3. The highest BCUT2D eigenvalue weighted by atomic mass is 32.2. The summed E-state index contributed by atoms with van der Waals surface area (Å²) in [5.41, 5.74) is 0.477. The molecule has 84 valence electrons. The molecular weight excluding hydrogens is 214 g/mol. The summed E-state index contributed by atoms with van der Waals surface area (Å²) in [5, 5.41) is 6.21. The number of aromatic nitrogens is 2. The van der Waals surface area contributed by atoms with Gasteiger partial charge >= 0.3 is 0 Å². The molecule has 0 atom stereocenters. The fraction of sp³-hybridized carbons (Fsp3) is 0.556. The van der Waals surface area contributed by atoms with Crippen molar-refractivity contribution in [3.8, 4) is 0 Å². The molecule has 6 heteroatoms. The average molecular weight is 229 g/mol. The summed E-state index contributed by atoms with van der Waals surface area (Å²) in [5.74, 6) is -0.0506. The minimum Gasteiger partial charge on any atom is -0.352 e. The predicted octanol–water partition coefficient (Wildman–Crippen LogP) is 0.462. The van der Waals surface area contributed by atoms with Crippen LogP contribution in [0.3, 0.4) is 0 Å². The quantitative estimate of drug-likeness (QED) is 0.737. The minimum absolute atomic E-state index is 0.0506. The van der Waals surface area contributed by atoms with E-state index in [9.17, 15) is 9.59 Å². The summed E-state index contributed by atoms with van der Waals surface area (Å²) in [6.07, 6.45) is 2.33. The Morgan fingerprint density at radius 1 is 1.60 bits per heavy atom. The van der Waals surface area contributed by atoms with Crippen molar-refractivity contribution in [1.82, 2.24) is 15.1 Å². The van der Waals surface area contributed by atoms with Crippen LogP contribution in [0.4, 0.5) is 0 Å². The third-order valence-electron chi connectivity index (χ3n) is 2.08. The Morgan fingerprint density at radius 2 is 2.27 bits per heavy atom. The van der Waals surface area contributed by atoms with Gasteiger partial charge in [-0.05, 0) is 6.26 Å². The van der Waals surface area contributed by atoms with Gasteiger partial charge in [-0.25, -0.2) is 0 Å². The number of thioether (sulfide) groups is 1. The molecule has 0 aliphatic rings. The molecule has 0 fully saturated rings. The summed E-state index contributed by atoms with van der Waals surface area (Å²) < 4.78 is 1.67. The molecule has 0 bridgehead atoms. The van der Waals surface area contributed by atoms with Crippen molar-refractivity contribution in [1.29, 1.82) is 0 Å². The number of hydrogen-bond acceptors (Lipinski definition) is 3. The van der Waals surface area contributed by atoms with Crippen LogP contribution in [0.25, 0.3) is 0 Å². The maximum atomic E-state index is 11.5. The molecule has 0 aliphatic carbocycles. The van der Waals surface area contributed by atoms with Crippen LogP contribution in [0.15, 0.2) is 9.82 Å². The fourth-order valence-electron chi connectivity index (χ4n) is 1.30. The SMILES string of the molecule is CCC(=O)NCc1c(SC)n(C)[nH]c1=O. The van der Waals surface area contributed by atoms with E-state index < -0.39 is 0 Å². The van der Waals surface area contributed by atoms with Crippen molar-refractivity contribution in [3.63, 3.8) is 0 Å². The predicted molar refractivity (Wildman–Crippen MR) is 60.0 cm³/mol. The van der Waals surface area contributed by atoms with E-state index in [0.717, 1.165) is 5.03 Å². The Morgan fingerprint density at radius 3 is 2.80 bits per heavy atom. The second kappa shape index (κ2) is 5.06. The molecule has 1 aromatic rings. The van der Waals surface area contributed by atoms with E-state index in [-0.39, 0.29) is 11.5 Å². The highest BCUT2D eigenvalue weighted by Gasteiger charge is 2.12. The van der Waals surface area contributed by atoms with Gasteiger partial charge in [0.1, 0.15) is 5.03 Å². The highest BCUT2D eigenvalue weighted by Crippen LogP contribution is 2.15. The first-order chi connectivity index (χ1) is 7.10. The van der Waals surface area contributed by atoms with Crippen molar-refractivity contribution in [2.75, 3.05) is 6.26 Å². The first kappa shape index (κ1) is 11.9. The Hall–Kier alpha value is -1.17. The third-order valence-corrected chi connectivity index (χ3v) is 2.99. The number of H-pyrrole nitrogens is 1. The number of nitrogens with zero attached hydrogens (tertiary/aromatic N) is 1. The third kappa shape index (κ3) is 2.65. The van der Waals surface area contributed by atoms with Crippen LogP contribution in [0, 0.1) is 0 Å². The standard InChI is InChI=1S/C9H15N3O2S/c1-4-7(13)10-5-6-8(14)11-12(2)9(6)15-3/h4-5H2,1-3H3,(H,10,13)(H,11,14). The molecule has 15 heavy (non-hydrogen) atoms. The molecule has 1 rings (SSSR count). The number of nitrogens with one attached hydrogen (secondary N) is 2. The van der Waals surface area contributed by atoms with E-state index in [1.165, 1.54) is 11.8 Å². The second-order valence-corrected chi connectivity index (χ2v) is 3.91. The lowest BCUT2D eigenvalue weighted by molar-refractivity contribution is -0.120. The summed E-state index contributed by atoms with van der Waals surface area (Å²) >= 11 is 1.48. The number of carbonyl (C=O) groups is 1. The number of hydrogen-bond donors (Lipinski definition) is 2. The monoisotopic (exact) mass is 229 g/mol. The molecule has 0 aromatic carbocycles. The minimum atomic E-state index is -0.141. The molecule has 0 saturated heterocycles. The van der Waals surface area contributed by atoms with Crippen LogP contribution in [-0.2, 0) is 18.4 Å².